The van der Waals surface area contributed by atoms with Gasteiger partial charge in [-0.25, -0.2) is 0 Å². The smallest absolute Gasteiger partial charge is 0.129 e. The van der Waals surface area contributed by atoms with E-state index in [0.29, 0.717) is 0 Å². The van der Waals surface area contributed by atoms with Gasteiger partial charge in [0.2, 0.25) is 0 Å². The van der Waals surface area contributed by atoms with E-state index < -0.39 is 8.07 Å². The standard InChI is InChI=1S/C11H16O2Si/c1-14(2,3)5-4-8-6-9-7-10(12)11(8)13-9/h6,9-12H,7H2,1-3H3/t9-,10+,11+/m0/s1. The summed E-state index contributed by atoms with van der Waals surface area (Å²) >= 11 is 0. The summed E-state index contributed by atoms with van der Waals surface area (Å²) in [5.41, 5.74) is 4.30. The number of hydrogen-bond donors (Lipinski definition) is 1. The Labute approximate surface area is 86.0 Å². The van der Waals surface area contributed by atoms with Gasteiger partial charge < -0.3 is 9.84 Å². The quantitative estimate of drug-likeness (QED) is 0.481. The zero-order valence-corrected chi connectivity index (χ0v) is 9.87. The minimum atomic E-state index is -1.31. The van der Waals surface area contributed by atoms with Crippen molar-refractivity contribution < 1.29 is 9.84 Å². The molecule has 0 spiro atoms. The molecule has 0 aromatic heterocycles. The van der Waals surface area contributed by atoms with Gasteiger partial charge in [0.1, 0.15) is 14.2 Å². The second kappa shape index (κ2) is 3.23. The maximum Gasteiger partial charge on any atom is 0.129 e. The van der Waals surface area contributed by atoms with E-state index in [4.69, 9.17) is 4.74 Å². The molecule has 3 atom stereocenters. The Morgan fingerprint density at radius 2 is 2.21 bits per heavy atom. The van der Waals surface area contributed by atoms with Crippen LogP contribution in [0.2, 0.25) is 19.6 Å². The zero-order valence-electron chi connectivity index (χ0n) is 8.87. The number of fused-ring (bicyclic) bond motifs is 2. The summed E-state index contributed by atoms with van der Waals surface area (Å²) in [5, 5.41) is 9.60. The van der Waals surface area contributed by atoms with E-state index in [0.717, 1.165) is 12.0 Å². The Kier molecular flexibility index (Phi) is 2.30. The van der Waals surface area contributed by atoms with Crippen molar-refractivity contribution in [2.45, 2.75) is 44.4 Å². The van der Waals surface area contributed by atoms with Crippen LogP contribution in [0.3, 0.4) is 0 Å². The van der Waals surface area contributed by atoms with Crippen LogP contribution in [0, 0.1) is 11.5 Å². The van der Waals surface area contributed by atoms with Crippen molar-refractivity contribution in [2.75, 3.05) is 0 Å². The first kappa shape index (κ1) is 9.97. The molecule has 2 aliphatic heterocycles. The predicted octanol–water partition coefficient (Wildman–Crippen LogP) is 1.33. The number of ether oxygens (including phenoxy) is 1. The average Bonchev–Trinajstić information content (AvgIpc) is 2.56. The second-order valence-corrected chi connectivity index (χ2v) is 9.77. The Morgan fingerprint density at radius 1 is 1.50 bits per heavy atom. The zero-order chi connectivity index (χ0) is 10.3. The highest BCUT2D eigenvalue weighted by Crippen LogP contribution is 2.33. The van der Waals surface area contributed by atoms with Gasteiger partial charge in [-0.1, -0.05) is 25.6 Å². The molecule has 1 fully saturated rings. The van der Waals surface area contributed by atoms with Crippen LogP contribution in [-0.4, -0.2) is 31.5 Å². The maximum absolute atomic E-state index is 9.60. The minimum Gasteiger partial charge on any atom is -0.390 e. The fourth-order valence-corrected chi connectivity index (χ4v) is 2.27. The molecule has 0 aliphatic carbocycles. The van der Waals surface area contributed by atoms with Crippen molar-refractivity contribution in [2.24, 2.45) is 0 Å². The lowest BCUT2D eigenvalue weighted by Crippen LogP contribution is -2.23. The number of hydrogen-bond acceptors (Lipinski definition) is 2. The van der Waals surface area contributed by atoms with E-state index in [-0.39, 0.29) is 18.3 Å². The third kappa shape index (κ3) is 1.93. The molecular weight excluding hydrogens is 192 g/mol. The van der Waals surface area contributed by atoms with Crippen LogP contribution in [0.1, 0.15) is 6.42 Å². The maximum atomic E-state index is 9.60. The van der Waals surface area contributed by atoms with Crippen molar-refractivity contribution in [3.8, 4) is 11.5 Å². The van der Waals surface area contributed by atoms with E-state index in [2.05, 4.69) is 37.2 Å². The Hall–Kier alpha value is -0.563. The molecule has 14 heavy (non-hydrogen) atoms. The normalized spacial score (nSPS) is 35.1. The van der Waals surface area contributed by atoms with Crippen LogP contribution < -0.4 is 0 Å². The summed E-state index contributed by atoms with van der Waals surface area (Å²) in [6, 6.07) is 0. The van der Waals surface area contributed by atoms with Crippen LogP contribution in [0.5, 0.6) is 0 Å². The molecule has 2 aliphatic rings. The summed E-state index contributed by atoms with van der Waals surface area (Å²) in [6.45, 7) is 6.64. The molecule has 2 nitrogen and oxygen atoms in total. The van der Waals surface area contributed by atoms with E-state index in [1.807, 2.05) is 0 Å². The summed E-state index contributed by atoms with van der Waals surface area (Å²) in [7, 11) is -1.31. The number of rotatable bonds is 0. The van der Waals surface area contributed by atoms with Crippen LogP contribution in [0.25, 0.3) is 0 Å². The molecule has 2 heterocycles. The Bertz CT molecular complexity index is 329. The lowest BCUT2D eigenvalue weighted by atomic mass is 9.98. The monoisotopic (exact) mass is 208 g/mol. The third-order valence-corrected chi connectivity index (χ3v) is 3.27. The molecule has 2 rings (SSSR count). The van der Waals surface area contributed by atoms with Gasteiger partial charge in [0.25, 0.3) is 0 Å². The van der Waals surface area contributed by atoms with Gasteiger partial charge in [0, 0.05) is 12.0 Å². The van der Waals surface area contributed by atoms with E-state index >= 15 is 0 Å². The molecule has 0 saturated carbocycles. The average molecular weight is 208 g/mol. The highest BCUT2D eigenvalue weighted by Gasteiger charge is 2.40. The minimum absolute atomic E-state index is 0.112. The largest absolute Gasteiger partial charge is 0.390 e. The molecular formula is C11H16O2Si. The topological polar surface area (TPSA) is 29.5 Å². The van der Waals surface area contributed by atoms with Gasteiger partial charge in [-0.2, -0.15) is 0 Å². The Morgan fingerprint density at radius 3 is 2.71 bits per heavy atom. The van der Waals surface area contributed by atoms with Crippen molar-refractivity contribution in [1.82, 2.24) is 0 Å². The molecule has 1 saturated heterocycles. The lowest BCUT2D eigenvalue weighted by molar-refractivity contribution is 0.0664. The number of aliphatic hydroxyl groups excluding tert-OH is 1. The number of aliphatic hydroxyl groups is 1. The van der Waals surface area contributed by atoms with Crippen molar-refractivity contribution >= 4 is 8.07 Å². The molecule has 0 aromatic carbocycles. The molecule has 0 aromatic rings. The van der Waals surface area contributed by atoms with Gasteiger partial charge in [-0.15, -0.1) is 5.54 Å². The fraction of sp³-hybridized carbons (Fsp3) is 0.636. The molecule has 0 amide bonds. The summed E-state index contributed by atoms with van der Waals surface area (Å²) in [4.78, 5) is 0. The summed E-state index contributed by atoms with van der Waals surface area (Å²) < 4.78 is 5.53. The molecule has 3 heteroatoms. The Balaban J connectivity index is 2.14. The third-order valence-electron chi connectivity index (χ3n) is 2.40. The highest BCUT2D eigenvalue weighted by atomic mass is 28.3. The van der Waals surface area contributed by atoms with E-state index in [1.54, 1.807) is 0 Å². The van der Waals surface area contributed by atoms with E-state index in [9.17, 15) is 5.11 Å². The van der Waals surface area contributed by atoms with Crippen molar-refractivity contribution in [3.05, 3.63) is 11.6 Å². The molecule has 0 radical (unpaired) electrons. The molecule has 1 N–H and O–H groups in total. The molecule has 76 valence electrons. The first-order chi connectivity index (χ1) is 6.46. The fourth-order valence-electron chi connectivity index (χ4n) is 1.75. The van der Waals surface area contributed by atoms with Crippen LogP contribution in [0.15, 0.2) is 11.6 Å². The molecule has 0 unspecified atom stereocenters. The van der Waals surface area contributed by atoms with Gasteiger partial charge in [-0.05, 0) is 6.08 Å². The van der Waals surface area contributed by atoms with Crippen LogP contribution in [-0.2, 0) is 4.74 Å². The van der Waals surface area contributed by atoms with Crippen molar-refractivity contribution in [3.63, 3.8) is 0 Å². The van der Waals surface area contributed by atoms with Gasteiger partial charge in [0.05, 0.1) is 12.2 Å². The summed E-state index contributed by atoms with van der Waals surface area (Å²) in [6.07, 6.45) is 2.44. The molecule has 2 bridgehead atoms. The van der Waals surface area contributed by atoms with E-state index in [1.165, 1.54) is 0 Å². The first-order valence-corrected chi connectivity index (χ1v) is 8.54. The SMILES string of the molecule is C[Si](C)(C)C#CC1=C[C@H]2C[C@@H](O)[C@@H]1O2. The van der Waals surface area contributed by atoms with Gasteiger partial charge in [0.15, 0.2) is 0 Å². The van der Waals surface area contributed by atoms with Crippen molar-refractivity contribution in [1.29, 1.82) is 0 Å². The first-order valence-electron chi connectivity index (χ1n) is 5.04. The predicted molar refractivity (Wildman–Crippen MR) is 58.5 cm³/mol. The van der Waals surface area contributed by atoms with Gasteiger partial charge >= 0.3 is 0 Å². The second-order valence-electron chi connectivity index (χ2n) is 5.02. The van der Waals surface area contributed by atoms with Crippen LogP contribution in [0.4, 0.5) is 0 Å². The summed E-state index contributed by atoms with van der Waals surface area (Å²) in [5.74, 6) is 3.17. The van der Waals surface area contributed by atoms with Crippen LogP contribution >= 0.6 is 0 Å². The lowest BCUT2D eigenvalue weighted by Gasteiger charge is -2.12. The highest BCUT2D eigenvalue weighted by molar-refractivity contribution is 6.83. The van der Waals surface area contributed by atoms with Gasteiger partial charge in [-0.3, -0.25) is 0 Å².